The number of esters is 2. The highest BCUT2D eigenvalue weighted by Crippen LogP contribution is 2.22. The first kappa shape index (κ1) is 49.4. The van der Waals surface area contributed by atoms with Gasteiger partial charge < -0.3 is 19.3 Å². The SMILES string of the molecule is CCCCCCCCC(CCCCCC)COC(=O)CCCCCC(CCCCC)N(CCCN(C)C)C(=O)CCCCCCCC(=O)OCC. The largest absolute Gasteiger partial charge is 0.466 e. The molecule has 7 heteroatoms. The summed E-state index contributed by atoms with van der Waals surface area (Å²) in [5.74, 6) is 0.673. The van der Waals surface area contributed by atoms with Gasteiger partial charge in [-0.05, 0) is 84.8 Å². The van der Waals surface area contributed by atoms with E-state index >= 15 is 0 Å². The number of hydrogen-bond donors (Lipinski definition) is 0. The van der Waals surface area contributed by atoms with E-state index in [0.717, 1.165) is 90.1 Å². The fourth-order valence-corrected chi connectivity index (χ4v) is 7.10. The van der Waals surface area contributed by atoms with Gasteiger partial charge in [0.2, 0.25) is 5.91 Å². The average Bonchev–Trinajstić information content (AvgIpc) is 3.10. The molecule has 51 heavy (non-hydrogen) atoms. The van der Waals surface area contributed by atoms with E-state index in [-0.39, 0.29) is 18.0 Å². The summed E-state index contributed by atoms with van der Waals surface area (Å²) in [5.41, 5.74) is 0. The van der Waals surface area contributed by atoms with Crippen molar-refractivity contribution in [3.05, 3.63) is 0 Å². The van der Waals surface area contributed by atoms with Gasteiger partial charge in [-0.25, -0.2) is 0 Å². The van der Waals surface area contributed by atoms with Crippen LogP contribution in [-0.4, -0.2) is 74.1 Å². The van der Waals surface area contributed by atoms with Crippen LogP contribution in [0.15, 0.2) is 0 Å². The molecule has 0 saturated carbocycles. The molecule has 0 aliphatic heterocycles. The van der Waals surface area contributed by atoms with Crippen molar-refractivity contribution < 1.29 is 23.9 Å². The molecule has 0 rings (SSSR count). The summed E-state index contributed by atoms with van der Waals surface area (Å²) in [5, 5.41) is 0. The van der Waals surface area contributed by atoms with Gasteiger partial charge in [0.15, 0.2) is 0 Å². The zero-order chi connectivity index (χ0) is 37.8. The Morgan fingerprint density at radius 3 is 1.47 bits per heavy atom. The zero-order valence-electron chi connectivity index (χ0n) is 34.9. The first-order chi connectivity index (χ1) is 24.8. The summed E-state index contributed by atoms with van der Waals surface area (Å²) < 4.78 is 10.9. The van der Waals surface area contributed by atoms with Crippen molar-refractivity contribution in [2.75, 3.05) is 40.4 Å². The van der Waals surface area contributed by atoms with Crippen LogP contribution in [0.3, 0.4) is 0 Å². The molecule has 0 bridgehead atoms. The van der Waals surface area contributed by atoms with Crippen LogP contribution in [0, 0.1) is 5.92 Å². The number of ether oxygens (including phenoxy) is 2. The van der Waals surface area contributed by atoms with Crippen molar-refractivity contribution in [3.8, 4) is 0 Å². The number of hydrogen-bond acceptors (Lipinski definition) is 6. The highest BCUT2D eigenvalue weighted by atomic mass is 16.5. The number of amides is 1. The molecule has 2 unspecified atom stereocenters. The topological polar surface area (TPSA) is 76.2 Å². The van der Waals surface area contributed by atoms with E-state index in [1.165, 1.54) is 89.9 Å². The lowest BCUT2D eigenvalue weighted by Crippen LogP contribution is -2.41. The second-order valence-corrected chi connectivity index (χ2v) is 15.5. The fourth-order valence-electron chi connectivity index (χ4n) is 7.10. The first-order valence-corrected chi connectivity index (χ1v) is 22.0. The molecule has 1 amide bonds. The molecule has 0 radical (unpaired) electrons. The van der Waals surface area contributed by atoms with Gasteiger partial charge >= 0.3 is 11.9 Å². The number of nitrogens with zero attached hydrogens (tertiary/aromatic N) is 2. The second-order valence-electron chi connectivity index (χ2n) is 15.5. The lowest BCUT2D eigenvalue weighted by molar-refractivity contribution is -0.145. The number of carbonyl (C=O) groups is 3. The van der Waals surface area contributed by atoms with Gasteiger partial charge in [0.05, 0.1) is 13.2 Å². The predicted octanol–water partition coefficient (Wildman–Crippen LogP) is 11.8. The summed E-state index contributed by atoms with van der Waals surface area (Å²) in [4.78, 5) is 42.4. The van der Waals surface area contributed by atoms with E-state index in [2.05, 4.69) is 44.7 Å². The highest BCUT2D eigenvalue weighted by molar-refractivity contribution is 5.76. The van der Waals surface area contributed by atoms with E-state index in [1.807, 2.05) is 6.92 Å². The molecule has 0 aromatic heterocycles. The van der Waals surface area contributed by atoms with E-state index in [1.54, 1.807) is 0 Å². The Labute approximate surface area is 317 Å². The molecule has 0 aliphatic carbocycles. The van der Waals surface area contributed by atoms with Gasteiger partial charge in [-0.2, -0.15) is 0 Å². The summed E-state index contributed by atoms with van der Waals surface area (Å²) >= 11 is 0. The van der Waals surface area contributed by atoms with Crippen LogP contribution in [0.2, 0.25) is 0 Å². The maximum absolute atomic E-state index is 13.7. The molecule has 0 saturated heterocycles. The third-order valence-corrected chi connectivity index (χ3v) is 10.3. The quantitative estimate of drug-likeness (QED) is 0.0466. The molecule has 0 aliphatic rings. The van der Waals surface area contributed by atoms with Crippen molar-refractivity contribution >= 4 is 17.8 Å². The van der Waals surface area contributed by atoms with Crippen molar-refractivity contribution in [2.24, 2.45) is 5.92 Å². The van der Waals surface area contributed by atoms with Crippen molar-refractivity contribution in [1.82, 2.24) is 9.80 Å². The first-order valence-electron chi connectivity index (χ1n) is 22.0. The van der Waals surface area contributed by atoms with Gasteiger partial charge in [0, 0.05) is 31.8 Å². The molecule has 0 N–H and O–H groups in total. The summed E-state index contributed by atoms with van der Waals surface area (Å²) in [6.07, 6.45) is 31.3. The third kappa shape index (κ3) is 31.6. The molecule has 0 fully saturated rings. The number of carbonyl (C=O) groups excluding carboxylic acids is 3. The molecule has 0 heterocycles. The minimum Gasteiger partial charge on any atom is -0.466 e. The minimum atomic E-state index is -0.106. The average molecular weight is 723 g/mol. The van der Waals surface area contributed by atoms with Crippen LogP contribution in [-0.2, 0) is 23.9 Å². The van der Waals surface area contributed by atoms with Gasteiger partial charge in [-0.1, -0.05) is 136 Å². The second kappa shape index (κ2) is 36.7. The van der Waals surface area contributed by atoms with E-state index in [4.69, 9.17) is 9.47 Å². The molecule has 7 nitrogen and oxygen atoms in total. The molecular weight excluding hydrogens is 636 g/mol. The monoisotopic (exact) mass is 723 g/mol. The van der Waals surface area contributed by atoms with Gasteiger partial charge in [0.1, 0.15) is 0 Å². The highest BCUT2D eigenvalue weighted by Gasteiger charge is 2.23. The molecule has 0 spiro atoms. The van der Waals surface area contributed by atoms with Crippen LogP contribution >= 0.6 is 0 Å². The zero-order valence-corrected chi connectivity index (χ0v) is 34.9. The van der Waals surface area contributed by atoms with Crippen LogP contribution in [0.5, 0.6) is 0 Å². The van der Waals surface area contributed by atoms with Gasteiger partial charge in [-0.3, -0.25) is 14.4 Å². The van der Waals surface area contributed by atoms with E-state index in [0.29, 0.717) is 44.3 Å². The summed E-state index contributed by atoms with van der Waals surface area (Å²) in [6, 6.07) is 0.276. The van der Waals surface area contributed by atoms with Gasteiger partial charge in [-0.15, -0.1) is 0 Å². The smallest absolute Gasteiger partial charge is 0.305 e. The van der Waals surface area contributed by atoms with Crippen molar-refractivity contribution in [3.63, 3.8) is 0 Å². The maximum atomic E-state index is 13.7. The molecule has 2 atom stereocenters. The third-order valence-electron chi connectivity index (χ3n) is 10.3. The molecular formula is C44H86N2O5. The number of rotatable bonds is 38. The van der Waals surface area contributed by atoms with Crippen LogP contribution in [0.1, 0.15) is 214 Å². The van der Waals surface area contributed by atoms with Crippen LogP contribution < -0.4 is 0 Å². The Morgan fingerprint density at radius 1 is 0.471 bits per heavy atom. The Hall–Kier alpha value is -1.63. The number of unbranched alkanes of at least 4 members (excludes halogenated alkanes) is 16. The lowest BCUT2D eigenvalue weighted by Gasteiger charge is -2.33. The van der Waals surface area contributed by atoms with E-state index in [9.17, 15) is 14.4 Å². The fraction of sp³-hybridized carbons (Fsp3) is 0.932. The lowest BCUT2D eigenvalue weighted by atomic mass is 9.95. The van der Waals surface area contributed by atoms with Gasteiger partial charge in [0.25, 0.3) is 0 Å². The Bertz CT molecular complexity index is 804. The Morgan fingerprint density at radius 2 is 0.902 bits per heavy atom. The normalized spacial score (nSPS) is 12.6. The molecule has 0 aromatic rings. The van der Waals surface area contributed by atoms with E-state index < -0.39 is 0 Å². The summed E-state index contributed by atoms with van der Waals surface area (Å²) in [7, 11) is 4.20. The van der Waals surface area contributed by atoms with Crippen molar-refractivity contribution in [1.29, 1.82) is 0 Å². The Balaban J connectivity index is 4.87. The maximum Gasteiger partial charge on any atom is 0.305 e. The molecule has 0 aromatic carbocycles. The van der Waals surface area contributed by atoms with Crippen LogP contribution in [0.25, 0.3) is 0 Å². The predicted molar refractivity (Wildman–Crippen MR) is 216 cm³/mol. The Kier molecular flexibility index (Phi) is 35.5. The summed E-state index contributed by atoms with van der Waals surface area (Å²) in [6.45, 7) is 11.4. The van der Waals surface area contributed by atoms with Crippen LogP contribution in [0.4, 0.5) is 0 Å². The minimum absolute atomic E-state index is 0.0302. The van der Waals surface area contributed by atoms with Crippen molar-refractivity contribution in [2.45, 2.75) is 220 Å². The standard InChI is InChI=1S/C44H86N2O5/c1-7-11-14-16-18-24-31-40(30-23-15-12-8-2)39-51-44(49)36-28-21-25-33-41(32-22-13-9-3)46(38-29-37-45(5)6)42(47)34-26-19-17-20-27-35-43(48)50-10-4/h40-41H,7-39H2,1-6H3. The molecule has 302 valence electrons.